The van der Waals surface area contributed by atoms with E-state index in [2.05, 4.69) is 10.3 Å². The second-order valence-corrected chi connectivity index (χ2v) is 7.32. The molecule has 2 aromatic rings. The highest BCUT2D eigenvalue weighted by Crippen LogP contribution is 2.32. The third-order valence-corrected chi connectivity index (χ3v) is 5.04. The third kappa shape index (κ3) is 4.51. The Labute approximate surface area is 169 Å². The number of amides is 3. The third-order valence-electron chi connectivity index (χ3n) is 5.04. The number of ether oxygens (including phenoxy) is 1. The molecule has 1 aromatic carbocycles. The summed E-state index contributed by atoms with van der Waals surface area (Å²) >= 11 is 0. The molecule has 1 aromatic heterocycles. The summed E-state index contributed by atoms with van der Waals surface area (Å²) in [6.45, 7) is 4.02. The molecule has 29 heavy (non-hydrogen) atoms. The van der Waals surface area contributed by atoms with Gasteiger partial charge >= 0.3 is 0 Å². The van der Waals surface area contributed by atoms with Gasteiger partial charge in [0.2, 0.25) is 11.8 Å². The second kappa shape index (κ2) is 8.52. The monoisotopic (exact) mass is 401 g/mol. The fraction of sp³-hybridized carbons (Fsp3) is 0.450. The molecular weight excluding hydrogens is 374 g/mol. The van der Waals surface area contributed by atoms with Gasteiger partial charge in [0.05, 0.1) is 19.3 Å². The minimum Gasteiger partial charge on any atom is -0.497 e. The molecule has 0 spiro atoms. The smallest absolute Gasteiger partial charge is 0.272 e. The zero-order chi connectivity index (χ0) is 21.1. The van der Waals surface area contributed by atoms with Crippen molar-refractivity contribution in [3.8, 4) is 5.75 Å². The molecule has 0 aliphatic carbocycles. The van der Waals surface area contributed by atoms with E-state index in [1.807, 2.05) is 11.0 Å². The molecule has 1 aliphatic heterocycles. The van der Waals surface area contributed by atoms with Gasteiger partial charge in [-0.3, -0.25) is 19.3 Å². The van der Waals surface area contributed by atoms with Crippen LogP contribution in [-0.4, -0.2) is 91.3 Å². The van der Waals surface area contributed by atoms with Crippen molar-refractivity contribution < 1.29 is 19.1 Å². The van der Waals surface area contributed by atoms with Gasteiger partial charge in [0, 0.05) is 58.1 Å². The van der Waals surface area contributed by atoms with Gasteiger partial charge in [-0.25, -0.2) is 0 Å². The maximum absolute atomic E-state index is 13.2. The van der Waals surface area contributed by atoms with Gasteiger partial charge in [-0.2, -0.15) is 0 Å². The minimum absolute atomic E-state index is 0.0438. The number of aromatic amines is 1. The first-order valence-electron chi connectivity index (χ1n) is 9.49. The molecule has 1 fully saturated rings. The summed E-state index contributed by atoms with van der Waals surface area (Å²) in [6.07, 6.45) is 0. The zero-order valence-electron chi connectivity index (χ0n) is 17.2. The molecule has 3 amide bonds. The van der Waals surface area contributed by atoms with Crippen LogP contribution in [0.1, 0.15) is 17.4 Å². The average molecular weight is 401 g/mol. The fourth-order valence-electron chi connectivity index (χ4n) is 3.36. The van der Waals surface area contributed by atoms with Crippen LogP contribution in [-0.2, 0) is 9.59 Å². The van der Waals surface area contributed by atoms with Crippen molar-refractivity contribution in [1.82, 2.24) is 19.7 Å². The zero-order valence-corrected chi connectivity index (χ0v) is 17.2. The van der Waals surface area contributed by atoms with Gasteiger partial charge in [-0.15, -0.1) is 0 Å². The van der Waals surface area contributed by atoms with E-state index in [0.29, 0.717) is 49.9 Å². The van der Waals surface area contributed by atoms with Gasteiger partial charge in [-0.05, 0) is 18.2 Å². The number of nitrogens with zero attached hydrogens (tertiary/aromatic N) is 3. The summed E-state index contributed by atoms with van der Waals surface area (Å²) in [5.74, 6) is 0.251. The summed E-state index contributed by atoms with van der Waals surface area (Å²) < 4.78 is 5.27. The number of aromatic nitrogens is 1. The van der Waals surface area contributed by atoms with Gasteiger partial charge in [-0.1, -0.05) is 0 Å². The van der Waals surface area contributed by atoms with E-state index in [1.165, 1.54) is 6.92 Å². The number of hydrogen-bond acceptors (Lipinski definition) is 5. The molecule has 9 heteroatoms. The molecule has 2 N–H and O–H groups in total. The van der Waals surface area contributed by atoms with Crippen molar-refractivity contribution >= 4 is 34.3 Å². The van der Waals surface area contributed by atoms with Crippen LogP contribution in [0.5, 0.6) is 5.75 Å². The molecule has 0 bridgehead atoms. The average Bonchev–Trinajstić information content (AvgIpc) is 3.04. The molecule has 3 rings (SSSR count). The number of anilines is 1. The van der Waals surface area contributed by atoms with E-state index in [9.17, 15) is 14.4 Å². The lowest BCUT2D eigenvalue weighted by Crippen LogP contribution is -2.51. The highest BCUT2D eigenvalue weighted by molar-refractivity contribution is 6.12. The summed E-state index contributed by atoms with van der Waals surface area (Å²) in [4.78, 5) is 45.3. The lowest BCUT2D eigenvalue weighted by molar-refractivity contribution is -0.130. The highest BCUT2D eigenvalue weighted by Gasteiger charge is 2.27. The van der Waals surface area contributed by atoms with Crippen LogP contribution in [0.15, 0.2) is 18.2 Å². The number of likely N-dealkylation sites (N-methyl/N-ethyl adjacent to an activating group) is 1. The van der Waals surface area contributed by atoms with Gasteiger partial charge in [0.15, 0.2) is 0 Å². The number of carbonyl (C=O) groups is 3. The van der Waals surface area contributed by atoms with E-state index in [-0.39, 0.29) is 17.7 Å². The molecule has 0 radical (unpaired) electrons. The van der Waals surface area contributed by atoms with Gasteiger partial charge in [0.1, 0.15) is 11.4 Å². The van der Waals surface area contributed by atoms with Crippen LogP contribution in [0.3, 0.4) is 0 Å². The summed E-state index contributed by atoms with van der Waals surface area (Å²) in [5.41, 5.74) is 1.55. The van der Waals surface area contributed by atoms with Crippen LogP contribution < -0.4 is 10.1 Å². The van der Waals surface area contributed by atoms with E-state index in [0.717, 1.165) is 10.9 Å². The number of rotatable bonds is 5. The largest absolute Gasteiger partial charge is 0.497 e. The van der Waals surface area contributed by atoms with Crippen molar-refractivity contribution in [2.45, 2.75) is 6.92 Å². The Bertz CT molecular complexity index is 928. The van der Waals surface area contributed by atoms with Gasteiger partial charge in [0.25, 0.3) is 5.91 Å². The Hall–Kier alpha value is -3.07. The topological polar surface area (TPSA) is 98.0 Å². The molecule has 156 valence electrons. The lowest BCUT2D eigenvalue weighted by Gasteiger charge is -2.34. The molecule has 9 nitrogen and oxygen atoms in total. The normalized spacial score (nSPS) is 14.7. The van der Waals surface area contributed by atoms with E-state index >= 15 is 0 Å². The Kier molecular flexibility index (Phi) is 6.07. The van der Waals surface area contributed by atoms with Crippen LogP contribution in [0, 0.1) is 0 Å². The Morgan fingerprint density at radius 1 is 1.17 bits per heavy atom. The number of benzene rings is 1. The Morgan fingerprint density at radius 2 is 1.86 bits per heavy atom. The lowest BCUT2D eigenvalue weighted by atomic mass is 10.2. The molecule has 2 heterocycles. The quantitative estimate of drug-likeness (QED) is 0.778. The first-order valence-corrected chi connectivity index (χ1v) is 9.49. The molecule has 0 saturated carbocycles. The predicted octanol–water partition coefficient (Wildman–Crippen LogP) is 0.981. The number of carbonyl (C=O) groups excluding carboxylic acids is 3. The molecule has 1 aliphatic rings. The number of H-pyrrole nitrogens is 1. The number of nitrogens with one attached hydrogen (secondary N) is 2. The summed E-state index contributed by atoms with van der Waals surface area (Å²) in [6, 6.07) is 5.41. The highest BCUT2D eigenvalue weighted by atomic mass is 16.5. The number of methoxy groups -OCH3 is 1. The van der Waals surface area contributed by atoms with Crippen LogP contribution in [0.25, 0.3) is 10.9 Å². The van der Waals surface area contributed by atoms with E-state index < -0.39 is 0 Å². The van der Waals surface area contributed by atoms with E-state index in [4.69, 9.17) is 4.74 Å². The fourth-order valence-corrected chi connectivity index (χ4v) is 3.36. The number of piperazine rings is 1. The van der Waals surface area contributed by atoms with Crippen molar-refractivity contribution in [2.75, 3.05) is 59.2 Å². The maximum Gasteiger partial charge on any atom is 0.272 e. The van der Waals surface area contributed by atoms with Crippen LogP contribution in [0.4, 0.5) is 5.69 Å². The minimum atomic E-state index is -0.255. The van der Waals surface area contributed by atoms with E-state index in [1.54, 1.807) is 43.1 Å². The SMILES string of the molecule is COc1ccc2[nH]c(C(=O)N3CCN(CC(=O)N(C)C)CC3)c(NC(C)=O)c2c1. The second-order valence-electron chi connectivity index (χ2n) is 7.32. The van der Waals surface area contributed by atoms with Crippen molar-refractivity contribution in [3.63, 3.8) is 0 Å². The van der Waals surface area contributed by atoms with Crippen molar-refractivity contribution in [2.24, 2.45) is 0 Å². The summed E-state index contributed by atoms with van der Waals surface area (Å²) in [5, 5.41) is 3.50. The number of hydrogen-bond donors (Lipinski definition) is 2. The molecule has 1 saturated heterocycles. The standard InChI is InChI=1S/C20H27N5O4/c1-13(26)21-18-15-11-14(29-4)5-6-16(15)22-19(18)20(28)25-9-7-24(8-10-25)12-17(27)23(2)3/h5-6,11,22H,7-10,12H2,1-4H3,(H,21,26). The molecule has 0 unspecified atom stereocenters. The Morgan fingerprint density at radius 3 is 2.45 bits per heavy atom. The maximum atomic E-state index is 13.2. The van der Waals surface area contributed by atoms with Crippen molar-refractivity contribution in [3.05, 3.63) is 23.9 Å². The van der Waals surface area contributed by atoms with Crippen LogP contribution in [0.2, 0.25) is 0 Å². The predicted molar refractivity (Wildman–Crippen MR) is 110 cm³/mol. The molecular formula is C20H27N5O4. The van der Waals surface area contributed by atoms with Crippen molar-refractivity contribution in [1.29, 1.82) is 0 Å². The number of fused-ring (bicyclic) bond motifs is 1. The first-order chi connectivity index (χ1) is 13.8. The Balaban J connectivity index is 1.80. The van der Waals surface area contributed by atoms with Gasteiger partial charge < -0.3 is 24.8 Å². The van der Waals surface area contributed by atoms with Crippen LogP contribution >= 0.6 is 0 Å². The molecule has 0 atom stereocenters. The summed E-state index contributed by atoms with van der Waals surface area (Å²) in [7, 11) is 5.03. The first kappa shape index (κ1) is 20.7.